The zero-order valence-corrected chi connectivity index (χ0v) is 12.3. The van der Waals surface area contributed by atoms with Gasteiger partial charge in [0.2, 0.25) is 5.91 Å². The first-order valence-electron chi connectivity index (χ1n) is 7.50. The molecule has 0 bridgehead atoms. The summed E-state index contributed by atoms with van der Waals surface area (Å²) in [6, 6.07) is 5.58. The Labute approximate surface area is 128 Å². The fourth-order valence-electron chi connectivity index (χ4n) is 2.78. The number of rotatable bonds is 4. The molecule has 0 saturated carbocycles. The van der Waals surface area contributed by atoms with Crippen molar-refractivity contribution in [3.8, 4) is 0 Å². The topological polar surface area (TPSA) is 87.7 Å². The lowest BCUT2D eigenvalue weighted by molar-refractivity contribution is -0.120. The van der Waals surface area contributed by atoms with E-state index in [0.717, 1.165) is 42.5 Å². The molecule has 0 atom stereocenters. The Hall–Kier alpha value is -2.50. The second kappa shape index (κ2) is 6.51. The maximum atomic E-state index is 12.1. The Morgan fingerprint density at radius 3 is 2.82 bits per heavy atom. The summed E-state index contributed by atoms with van der Waals surface area (Å²) in [7, 11) is 0. The monoisotopic (exact) mass is 298 g/mol. The number of fused-ring (bicyclic) bond motifs is 1. The van der Waals surface area contributed by atoms with Crippen molar-refractivity contribution in [1.29, 1.82) is 0 Å². The highest BCUT2D eigenvalue weighted by Gasteiger charge is 2.19. The number of nitrogens with zero attached hydrogens (tertiary/aromatic N) is 2. The van der Waals surface area contributed by atoms with E-state index in [-0.39, 0.29) is 17.9 Å². The van der Waals surface area contributed by atoms with Crippen LogP contribution in [0.15, 0.2) is 29.2 Å². The molecule has 6 heteroatoms. The van der Waals surface area contributed by atoms with Crippen molar-refractivity contribution in [2.24, 2.45) is 0 Å². The molecular formula is C16H18N4O2. The normalized spacial score (nSPS) is 13.5. The molecule has 2 aromatic rings. The third-order valence-corrected chi connectivity index (χ3v) is 3.90. The van der Waals surface area contributed by atoms with Crippen LogP contribution >= 0.6 is 0 Å². The molecule has 1 aliphatic rings. The number of aromatic amines is 1. The van der Waals surface area contributed by atoms with E-state index in [0.29, 0.717) is 12.2 Å². The average molecular weight is 298 g/mol. The van der Waals surface area contributed by atoms with Crippen LogP contribution in [0, 0.1) is 0 Å². The van der Waals surface area contributed by atoms with E-state index in [1.807, 2.05) is 18.2 Å². The maximum Gasteiger partial charge on any atom is 0.267 e. The minimum Gasteiger partial charge on any atom is -0.350 e. The van der Waals surface area contributed by atoms with Gasteiger partial charge in [0.1, 0.15) is 0 Å². The molecule has 2 aromatic heterocycles. The van der Waals surface area contributed by atoms with Crippen molar-refractivity contribution in [3.63, 3.8) is 0 Å². The summed E-state index contributed by atoms with van der Waals surface area (Å²) in [4.78, 5) is 28.0. The van der Waals surface area contributed by atoms with E-state index in [9.17, 15) is 9.59 Å². The largest absolute Gasteiger partial charge is 0.350 e. The number of aromatic nitrogens is 3. The van der Waals surface area contributed by atoms with Crippen molar-refractivity contribution in [1.82, 2.24) is 20.5 Å². The van der Waals surface area contributed by atoms with E-state index in [1.165, 1.54) is 0 Å². The molecule has 0 saturated heterocycles. The van der Waals surface area contributed by atoms with Gasteiger partial charge in [0.05, 0.1) is 24.4 Å². The zero-order valence-electron chi connectivity index (χ0n) is 12.3. The van der Waals surface area contributed by atoms with Crippen molar-refractivity contribution in [3.05, 3.63) is 57.3 Å². The Morgan fingerprint density at radius 2 is 2.05 bits per heavy atom. The molecule has 0 radical (unpaired) electrons. The Bertz CT molecular complexity index is 725. The average Bonchev–Trinajstić information content (AvgIpc) is 2.57. The van der Waals surface area contributed by atoms with E-state index in [1.54, 1.807) is 6.20 Å². The van der Waals surface area contributed by atoms with Gasteiger partial charge in [-0.3, -0.25) is 14.6 Å². The van der Waals surface area contributed by atoms with Crippen LogP contribution in [0.1, 0.15) is 35.4 Å². The molecule has 0 aliphatic heterocycles. The highest BCUT2D eigenvalue weighted by atomic mass is 16.1. The number of carbonyl (C=O) groups excluding carboxylic acids is 1. The predicted octanol–water partition coefficient (Wildman–Crippen LogP) is 0.903. The Balaban J connectivity index is 1.68. The molecular weight excluding hydrogens is 280 g/mol. The van der Waals surface area contributed by atoms with E-state index in [2.05, 4.69) is 20.5 Å². The fourth-order valence-corrected chi connectivity index (χ4v) is 2.78. The van der Waals surface area contributed by atoms with Crippen LogP contribution < -0.4 is 10.9 Å². The SMILES string of the molecule is O=C(Cc1n[nH]c(=O)c2c1CCCC2)NCc1ccccn1. The Kier molecular flexibility index (Phi) is 4.27. The number of H-pyrrole nitrogens is 1. The molecule has 0 spiro atoms. The number of hydrogen-bond donors (Lipinski definition) is 2. The second-order valence-corrected chi connectivity index (χ2v) is 5.44. The van der Waals surface area contributed by atoms with E-state index in [4.69, 9.17) is 0 Å². The van der Waals surface area contributed by atoms with Crippen LogP contribution in [-0.4, -0.2) is 21.1 Å². The number of hydrogen-bond acceptors (Lipinski definition) is 4. The zero-order chi connectivity index (χ0) is 15.4. The van der Waals surface area contributed by atoms with Crippen LogP contribution in [0.25, 0.3) is 0 Å². The second-order valence-electron chi connectivity index (χ2n) is 5.44. The van der Waals surface area contributed by atoms with Crippen LogP contribution in [0.5, 0.6) is 0 Å². The van der Waals surface area contributed by atoms with Crippen molar-refractivity contribution in [2.45, 2.75) is 38.6 Å². The number of nitrogens with one attached hydrogen (secondary N) is 2. The van der Waals surface area contributed by atoms with Gasteiger partial charge in [-0.1, -0.05) is 6.07 Å². The minimum absolute atomic E-state index is 0.113. The molecule has 6 nitrogen and oxygen atoms in total. The van der Waals surface area contributed by atoms with Crippen molar-refractivity contribution in [2.75, 3.05) is 0 Å². The summed E-state index contributed by atoms with van der Waals surface area (Å²) in [6.45, 7) is 0.394. The first kappa shape index (κ1) is 14.4. The first-order valence-corrected chi connectivity index (χ1v) is 7.50. The lowest BCUT2D eigenvalue weighted by atomic mass is 9.91. The number of pyridine rings is 1. The summed E-state index contributed by atoms with van der Waals surface area (Å²) in [5, 5.41) is 9.42. The summed E-state index contributed by atoms with van der Waals surface area (Å²) < 4.78 is 0. The summed E-state index contributed by atoms with van der Waals surface area (Å²) in [5.74, 6) is -0.113. The molecule has 2 N–H and O–H groups in total. The first-order chi connectivity index (χ1) is 10.7. The number of amides is 1. The molecule has 2 heterocycles. The van der Waals surface area contributed by atoms with Crippen LogP contribution in [0.4, 0.5) is 0 Å². The molecule has 0 unspecified atom stereocenters. The van der Waals surface area contributed by atoms with Crippen molar-refractivity contribution < 1.29 is 4.79 Å². The van der Waals surface area contributed by atoms with Gasteiger partial charge in [0, 0.05) is 11.8 Å². The quantitative estimate of drug-likeness (QED) is 0.878. The Morgan fingerprint density at radius 1 is 1.23 bits per heavy atom. The molecule has 22 heavy (non-hydrogen) atoms. The minimum atomic E-state index is -0.118. The summed E-state index contributed by atoms with van der Waals surface area (Å²) >= 11 is 0. The molecule has 1 amide bonds. The molecule has 1 aliphatic carbocycles. The highest BCUT2D eigenvalue weighted by molar-refractivity contribution is 5.78. The van der Waals surface area contributed by atoms with Gasteiger partial charge in [-0.2, -0.15) is 5.10 Å². The van der Waals surface area contributed by atoms with Crippen LogP contribution in [-0.2, 0) is 30.6 Å². The maximum absolute atomic E-state index is 12.1. The van der Waals surface area contributed by atoms with Gasteiger partial charge in [0.25, 0.3) is 5.56 Å². The van der Waals surface area contributed by atoms with Crippen LogP contribution in [0.2, 0.25) is 0 Å². The van der Waals surface area contributed by atoms with Gasteiger partial charge >= 0.3 is 0 Å². The highest BCUT2D eigenvalue weighted by Crippen LogP contribution is 2.20. The lowest BCUT2D eigenvalue weighted by Crippen LogP contribution is -2.29. The van der Waals surface area contributed by atoms with Gasteiger partial charge in [-0.25, -0.2) is 5.10 Å². The van der Waals surface area contributed by atoms with Gasteiger partial charge in [-0.15, -0.1) is 0 Å². The van der Waals surface area contributed by atoms with Crippen LogP contribution in [0.3, 0.4) is 0 Å². The third-order valence-electron chi connectivity index (χ3n) is 3.90. The van der Waals surface area contributed by atoms with E-state index < -0.39 is 0 Å². The predicted molar refractivity (Wildman–Crippen MR) is 81.3 cm³/mol. The number of carbonyl (C=O) groups is 1. The molecule has 0 aromatic carbocycles. The van der Waals surface area contributed by atoms with Gasteiger partial charge in [0.15, 0.2) is 0 Å². The standard InChI is InChI=1S/C16H18N4O2/c21-15(18-10-11-5-3-4-8-17-11)9-14-12-6-1-2-7-13(12)16(22)20-19-14/h3-5,8H,1-2,6-7,9-10H2,(H,18,21)(H,20,22). The van der Waals surface area contributed by atoms with Gasteiger partial charge < -0.3 is 5.32 Å². The fraction of sp³-hybridized carbons (Fsp3) is 0.375. The summed E-state index contributed by atoms with van der Waals surface area (Å²) in [5.41, 5.74) is 3.14. The lowest BCUT2D eigenvalue weighted by Gasteiger charge is -2.17. The smallest absolute Gasteiger partial charge is 0.267 e. The van der Waals surface area contributed by atoms with E-state index >= 15 is 0 Å². The van der Waals surface area contributed by atoms with Gasteiger partial charge in [-0.05, 0) is 43.4 Å². The third kappa shape index (κ3) is 3.21. The summed E-state index contributed by atoms with van der Waals surface area (Å²) in [6.07, 6.45) is 5.55. The molecule has 114 valence electrons. The molecule has 3 rings (SSSR count). The molecule has 0 fully saturated rings. The van der Waals surface area contributed by atoms with Crippen molar-refractivity contribution >= 4 is 5.91 Å².